The molecule has 2 aliphatic rings. The molecule has 27 heavy (non-hydrogen) atoms. The smallest absolute Gasteiger partial charge is 0.225 e. The Bertz CT molecular complexity index is 629. The molecule has 1 unspecified atom stereocenters. The molecule has 1 aromatic carbocycles. The molecular formula is C22H32N2O3. The maximum absolute atomic E-state index is 12.7. The number of carbonyl (C=O) groups is 2. The molecule has 1 aliphatic heterocycles. The van der Waals surface area contributed by atoms with Gasteiger partial charge in [-0.05, 0) is 42.9 Å². The topological polar surface area (TPSA) is 49.9 Å². The predicted octanol–water partition coefficient (Wildman–Crippen LogP) is 3.12. The molecule has 2 amide bonds. The summed E-state index contributed by atoms with van der Waals surface area (Å²) in [5.74, 6) is 1.98. The van der Waals surface area contributed by atoms with Crippen molar-refractivity contribution >= 4 is 11.8 Å². The monoisotopic (exact) mass is 372 g/mol. The Hall–Kier alpha value is -2.04. The molecule has 0 N–H and O–H groups in total. The van der Waals surface area contributed by atoms with Crippen LogP contribution in [0.25, 0.3) is 0 Å². The van der Waals surface area contributed by atoms with Gasteiger partial charge in [-0.2, -0.15) is 0 Å². The second-order valence-corrected chi connectivity index (χ2v) is 7.89. The average Bonchev–Trinajstić information content (AvgIpc) is 3.26. The van der Waals surface area contributed by atoms with Crippen molar-refractivity contribution in [2.75, 3.05) is 33.3 Å². The summed E-state index contributed by atoms with van der Waals surface area (Å²) >= 11 is 0. The Morgan fingerprint density at radius 2 is 1.63 bits per heavy atom. The highest BCUT2D eigenvalue weighted by Crippen LogP contribution is 2.32. The number of benzene rings is 1. The van der Waals surface area contributed by atoms with E-state index in [-0.39, 0.29) is 17.7 Å². The Morgan fingerprint density at radius 1 is 1.04 bits per heavy atom. The molecule has 2 fully saturated rings. The van der Waals surface area contributed by atoms with Crippen LogP contribution in [0.2, 0.25) is 0 Å². The van der Waals surface area contributed by atoms with Crippen LogP contribution < -0.4 is 4.74 Å². The molecule has 5 heteroatoms. The van der Waals surface area contributed by atoms with Crippen molar-refractivity contribution in [2.24, 2.45) is 11.8 Å². The number of rotatable bonds is 6. The van der Waals surface area contributed by atoms with Gasteiger partial charge in [-0.3, -0.25) is 9.59 Å². The molecule has 1 heterocycles. The minimum absolute atomic E-state index is 0.129. The summed E-state index contributed by atoms with van der Waals surface area (Å²) in [6, 6.07) is 7.87. The average molecular weight is 373 g/mol. The van der Waals surface area contributed by atoms with Crippen molar-refractivity contribution in [1.82, 2.24) is 9.80 Å². The van der Waals surface area contributed by atoms with Gasteiger partial charge >= 0.3 is 0 Å². The highest BCUT2D eigenvalue weighted by atomic mass is 16.5. The zero-order valence-electron chi connectivity index (χ0n) is 16.7. The molecule has 1 saturated heterocycles. The van der Waals surface area contributed by atoms with Gasteiger partial charge in [0.2, 0.25) is 11.8 Å². The van der Waals surface area contributed by atoms with Gasteiger partial charge in [-0.1, -0.05) is 31.9 Å². The van der Waals surface area contributed by atoms with Crippen molar-refractivity contribution in [3.05, 3.63) is 29.8 Å². The fourth-order valence-electron chi connectivity index (χ4n) is 4.32. The van der Waals surface area contributed by atoms with Crippen LogP contribution in [0.3, 0.4) is 0 Å². The molecule has 1 atom stereocenters. The number of aryl methyl sites for hydroxylation is 1. The third-order valence-electron chi connectivity index (χ3n) is 6.23. The van der Waals surface area contributed by atoms with Crippen molar-refractivity contribution < 1.29 is 14.3 Å². The van der Waals surface area contributed by atoms with Crippen molar-refractivity contribution in [1.29, 1.82) is 0 Å². The first kappa shape index (κ1) is 19.7. The molecule has 0 bridgehead atoms. The van der Waals surface area contributed by atoms with E-state index < -0.39 is 0 Å². The van der Waals surface area contributed by atoms with Gasteiger partial charge in [0.15, 0.2) is 0 Å². The first-order chi connectivity index (χ1) is 13.1. The second kappa shape index (κ2) is 9.25. The zero-order chi connectivity index (χ0) is 19.2. The molecule has 1 aliphatic carbocycles. The van der Waals surface area contributed by atoms with E-state index in [1.165, 1.54) is 25.7 Å². The highest BCUT2D eigenvalue weighted by molar-refractivity contribution is 5.80. The summed E-state index contributed by atoms with van der Waals surface area (Å²) in [5.41, 5.74) is 1.14. The maximum atomic E-state index is 12.7. The minimum atomic E-state index is 0.129. The summed E-state index contributed by atoms with van der Waals surface area (Å²) in [6.07, 6.45) is 6.16. The summed E-state index contributed by atoms with van der Waals surface area (Å²) in [6.45, 7) is 4.74. The molecule has 148 valence electrons. The second-order valence-electron chi connectivity index (χ2n) is 7.89. The third-order valence-corrected chi connectivity index (χ3v) is 6.23. The van der Waals surface area contributed by atoms with E-state index in [1.807, 2.05) is 34.1 Å². The highest BCUT2D eigenvalue weighted by Gasteiger charge is 2.32. The van der Waals surface area contributed by atoms with Crippen LogP contribution in [-0.4, -0.2) is 54.9 Å². The lowest BCUT2D eigenvalue weighted by Gasteiger charge is -2.37. The van der Waals surface area contributed by atoms with E-state index in [9.17, 15) is 9.59 Å². The molecular weight excluding hydrogens is 340 g/mol. The Labute approximate surface area is 162 Å². The minimum Gasteiger partial charge on any atom is -0.497 e. The maximum Gasteiger partial charge on any atom is 0.225 e. The number of ether oxygens (including phenoxy) is 1. The number of hydrogen-bond acceptors (Lipinski definition) is 3. The van der Waals surface area contributed by atoms with Gasteiger partial charge in [0, 0.05) is 38.5 Å². The number of nitrogens with zero attached hydrogens (tertiary/aromatic N) is 2. The van der Waals surface area contributed by atoms with E-state index in [4.69, 9.17) is 4.74 Å². The van der Waals surface area contributed by atoms with Crippen molar-refractivity contribution in [3.8, 4) is 5.75 Å². The molecule has 1 aromatic rings. The Kier molecular flexibility index (Phi) is 6.75. The Morgan fingerprint density at radius 3 is 2.22 bits per heavy atom. The van der Waals surface area contributed by atoms with Crippen LogP contribution >= 0.6 is 0 Å². The SMILES string of the molecule is COc1ccc(CCC(=O)N2CCN(C(=O)C(C)C3CCCC3)CC2)cc1. The number of methoxy groups -OCH3 is 1. The molecule has 5 nitrogen and oxygen atoms in total. The quantitative estimate of drug-likeness (QED) is 0.771. The van der Waals surface area contributed by atoms with Crippen LogP contribution in [0.1, 0.15) is 44.6 Å². The van der Waals surface area contributed by atoms with Gasteiger partial charge in [-0.15, -0.1) is 0 Å². The largest absolute Gasteiger partial charge is 0.497 e. The van der Waals surface area contributed by atoms with Crippen molar-refractivity contribution in [2.45, 2.75) is 45.4 Å². The molecule has 0 spiro atoms. The predicted molar refractivity (Wildman–Crippen MR) is 106 cm³/mol. The fourth-order valence-corrected chi connectivity index (χ4v) is 4.32. The first-order valence-corrected chi connectivity index (χ1v) is 10.3. The normalized spacial score (nSPS) is 19.2. The lowest BCUT2D eigenvalue weighted by molar-refractivity contribution is -0.142. The molecule has 0 radical (unpaired) electrons. The molecule has 0 aromatic heterocycles. The Balaban J connectivity index is 1.42. The number of amides is 2. The van der Waals surface area contributed by atoms with Crippen LogP contribution in [-0.2, 0) is 16.0 Å². The van der Waals surface area contributed by atoms with Crippen LogP contribution in [0.15, 0.2) is 24.3 Å². The fraction of sp³-hybridized carbons (Fsp3) is 0.636. The summed E-state index contributed by atoms with van der Waals surface area (Å²) in [5, 5.41) is 0. The van der Waals surface area contributed by atoms with Crippen LogP contribution in [0.5, 0.6) is 5.75 Å². The van der Waals surface area contributed by atoms with E-state index in [1.54, 1.807) is 7.11 Å². The van der Waals surface area contributed by atoms with Gasteiger partial charge in [0.1, 0.15) is 5.75 Å². The van der Waals surface area contributed by atoms with Gasteiger partial charge in [-0.25, -0.2) is 0 Å². The van der Waals surface area contributed by atoms with Crippen LogP contribution in [0.4, 0.5) is 0 Å². The van der Waals surface area contributed by atoms with Gasteiger partial charge in [0.25, 0.3) is 0 Å². The van der Waals surface area contributed by atoms with E-state index in [0.717, 1.165) is 17.7 Å². The van der Waals surface area contributed by atoms with Crippen LogP contribution in [0, 0.1) is 11.8 Å². The van der Waals surface area contributed by atoms with E-state index in [0.29, 0.717) is 38.5 Å². The van der Waals surface area contributed by atoms with E-state index in [2.05, 4.69) is 6.92 Å². The summed E-state index contributed by atoms with van der Waals surface area (Å²) < 4.78 is 5.16. The van der Waals surface area contributed by atoms with Crippen molar-refractivity contribution in [3.63, 3.8) is 0 Å². The van der Waals surface area contributed by atoms with Gasteiger partial charge in [0.05, 0.1) is 7.11 Å². The number of piperazine rings is 1. The molecule has 1 saturated carbocycles. The van der Waals surface area contributed by atoms with E-state index >= 15 is 0 Å². The lowest BCUT2D eigenvalue weighted by atomic mass is 9.91. The summed E-state index contributed by atoms with van der Waals surface area (Å²) in [7, 11) is 1.65. The molecule has 3 rings (SSSR count). The summed E-state index contributed by atoms with van der Waals surface area (Å²) in [4.78, 5) is 29.1. The van der Waals surface area contributed by atoms with Gasteiger partial charge < -0.3 is 14.5 Å². The number of carbonyl (C=O) groups excluding carboxylic acids is 2. The third kappa shape index (κ3) is 5.02. The lowest BCUT2D eigenvalue weighted by Crippen LogP contribution is -2.52. The first-order valence-electron chi connectivity index (χ1n) is 10.3. The number of hydrogen-bond donors (Lipinski definition) is 0. The standard InChI is InChI=1S/C22H32N2O3/c1-17(19-5-3-4-6-19)22(26)24-15-13-23(14-16-24)21(25)12-9-18-7-10-20(27-2)11-8-18/h7-8,10-11,17,19H,3-6,9,12-16H2,1-2H3. The zero-order valence-corrected chi connectivity index (χ0v) is 16.7.